The van der Waals surface area contributed by atoms with Crippen molar-refractivity contribution in [2.75, 3.05) is 13.2 Å². The molecule has 0 saturated carbocycles. The van der Waals surface area contributed by atoms with Gasteiger partial charge in [0.15, 0.2) is 6.29 Å². The molecule has 0 N–H and O–H groups in total. The number of hydrogen-bond donors (Lipinski definition) is 0. The molecule has 0 aromatic heterocycles. The molecule has 2 fully saturated rings. The predicted molar refractivity (Wildman–Crippen MR) is 82.1 cm³/mol. The van der Waals surface area contributed by atoms with Crippen LogP contribution in [0.1, 0.15) is 38.7 Å². The zero-order chi connectivity index (χ0) is 14.7. The van der Waals surface area contributed by atoms with Crippen LogP contribution >= 0.6 is 0 Å². The van der Waals surface area contributed by atoms with Crippen LogP contribution in [0, 0.1) is 5.92 Å². The van der Waals surface area contributed by atoms with E-state index in [0.717, 1.165) is 25.7 Å². The second-order valence-electron chi connectivity index (χ2n) is 6.66. The second-order valence-corrected chi connectivity index (χ2v) is 6.66. The summed E-state index contributed by atoms with van der Waals surface area (Å²) in [5.74, 6) is 0.341. The molecule has 0 aliphatic carbocycles. The molecule has 3 heteroatoms. The summed E-state index contributed by atoms with van der Waals surface area (Å²) in [6.45, 7) is 5.79. The number of hydrogen-bond acceptors (Lipinski definition) is 3. The Kier molecular flexibility index (Phi) is 4.63. The van der Waals surface area contributed by atoms with Gasteiger partial charge in [0, 0.05) is 5.92 Å². The first-order valence-electron chi connectivity index (χ1n) is 8.10. The Balaban J connectivity index is 1.54. The Morgan fingerprint density at radius 3 is 2.43 bits per heavy atom. The molecule has 0 spiro atoms. The normalized spacial score (nSPS) is 29.6. The van der Waals surface area contributed by atoms with Crippen LogP contribution in [-0.2, 0) is 20.6 Å². The average molecular weight is 290 g/mol. The summed E-state index contributed by atoms with van der Waals surface area (Å²) in [4.78, 5) is 0. The summed E-state index contributed by atoms with van der Waals surface area (Å²) in [5, 5.41) is 0. The standard InChI is InChI=1S/C18H26O3/c1-18(2)16(17-19-12-13-20-17)11-10-15(21-18)9-8-14-6-4-3-5-7-14/h3-7,15-17H,8-13H2,1-2H3/t15-,16+/m0/s1. The van der Waals surface area contributed by atoms with Gasteiger partial charge in [0.1, 0.15) is 0 Å². The van der Waals surface area contributed by atoms with E-state index in [1.54, 1.807) is 0 Å². The Morgan fingerprint density at radius 2 is 1.76 bits per heavy atom. The lowest BCUT2D eigenvalue weighted by Crippen LogP contribution is -2.48. The van der Waals surface area contributed by atoms with Crippen LogP contribution in [0.4, 0.5) is 0 Å². The van der Waals surface area contributed by atoms with Gasteiger partial charge in [-0.2, -0.15) is 0 Å². The fourth-order valence-corrected chi connectivity index (χ4v) is 3.54. The van der Waals surface area contributed by atoms with Crippen molar-refractivity contribution in [3.63, 3.8) is 0 Å². The van der Waals surface area contributed by atoms with Gasteiger partial charge in [0.25, 0.3) is 0 Å². The highest BCUT2D eigenvalue weighted by molar-refractivity contribution is 5.14. The molecule has 2 heterocycles. The van der Waals surface area contributed by atoms with Crippen molar-refractivity contribution in [3.05, 3.63) is 35.9 Å². The van der Waals surface area contributed by atoms with Crippen molar-refractivity contribution in [3.8, 4) is 0 Å². The van der Waals surface area contributed by atoms with E-state index < -0.39 is 0 Å². The van der Waals surface area contributed by atoms with E-state index in [0.29, 0.717) is 25.2 Å². The summed E-state index contributed by atoms with van der Waals surface area (Å²) in [5.41, 5.74) is 1.22. The van der Waals surface area contributed by atoms with Gasteiger partial charge in [-0.05, 0) is 45.1 Å². The molecule has 0 amide bonds. The van der Waals surface area contributed by atoms with E-state index in [2.05, 4.69) is 44.2 Å². The third kappa shape index (κ3) is 3.65. The molecule has 0 unspecified atom stereocenters. The van der Waals surface area contributed by atoms with Crippen LogP contribution in [0.3, 0.4) is 0 Å². The van der Waals surface area contributed by atoms with E-state index in [1.165, 1.54) is 5.56 Å². The minimum absolute atomic E-state index is 0.0740. The summed E-state index contributed by atoms with van der Waals surface area (Å²) in [7, 11) is 0. The summed E-state index contributed by atoms with van der Waals surface area (Å²) in [6, 6.07) is 10.7. The third-order valence-corrected chi connectivity index (χ3v) is 4.74. The maximum absolute atomic E-state index is 6.36. The Bertz CT molecular complexity index is 437. The molecular formula is C18H26O3. The van der Waals surface area contributed by atoms with Gasteiger partial charge in [0.2, 0.25) is 0 Å². The third-order valence-electron chi connectivity index (χ3n) is 4.74. The Morgan fingerprint density at radius 1 is 1.05 bits per heavy atom. The van der Waals surface area contributed by atoms with Crippen LogP contribution < -0.4 is 0 Å². The Hall–Kier alpha value is -0.900. The molecular weight excluding hydrogens is 264 g/mol. The molecule has 2 aliphatic heterocycles. The van der Waals surface area contributed by atoms with E-state index in [4.69, 9.17) is 14.2 Å². The van der Waals surface area contributed by atoms with Gasteiger partial charge in [-0.15, -0.1) is 0 Å². The topological polar surface area (TPSA) is 27.7 Å². The highest BCUT2D eigenvalue weighted by Gasteiger charge is 2.44. The van der Waals surface area contributed by atoms with Crippen molar-refractivity contribution in [2.45, 2.75) is 57.5 Å². The lowest BCUT2D eigenvalue weighted by atomic mass is 9.81. The largest absolute Gasteiger partial charge is 0.372 e. The lowest BCUT2D eigenvalue weighted by Gasteiger charge is -2.44. The van der Waals surface area contributed by atoms with Crippen LogP contribution in [-0.4, -0.2) is 31.2 Å². The van der Waals surface area contributed by atoms with E-state index in [1.807, 2.05) is 0 Å². The van der Waals surface area contributed by atoms with Gasteiger partial charge in [-0.3, -0.25) is 0 Å². The van der Waals surface area contributed by atoms with E-state index in [-0.39, 0.29) is 11.9 Å². The SMILES string of the molecule is CC1(C)O[C@@H](CCc2ccccc2)CC[C@@H]1C1OCCO1. The Labute approximate surface area is 127 Å². The summed E-state index contributed by atoms with van der Waals surface area (Å²) >= 11 is 0. The van der Waals surface area contributed by atoms with Crippen LogP contribution in [0.25, 0.3) is 0 Å². The smallest absolute Gasteiger partial charge is 0.163 e. The number of aryl methyl sites for hydroxylation is 1. The van der Waals surface area contributed by atoms with Crippen molar-refractivity contribution >= 4 is 0 Å². The highest BCUT2D eigenvalue weighted by atomic mass is 16.7. The fourth-order valence-electron chi connectivity index (χ4n) is 3.54. The summed E-state index contributed by atoms with van der Waals surface area (Å²) in [6.07, 6.45) is 4.67. The molecule has 2 aliphatic rings. The first-order chi connectivity index (χ1) is 10.1. The first-order valence-corrected chi connectivity index (χ1v) is 8.10. The van der Waals surface area contributed by atoms with Crippen molar-refractivity contribution in [1.29, 1.82) is 0 Å². The molecule has 3 nitrogen and oxygen atoms in total. The van der Waals surface area contributed by atoms with Gasteiger partial charge >= 0.3 is 0 Å². The molecule has 0 bridgehead atoms. The molecule has 3 rings (SSSR count). The van der Waals surface area contributed by atoms with Crippen molar-refractivity contribution in [1.82, 2.24) is 0 Å². The molecule has 116 valence electrons. The van der Waals surface area contributed by atoms with Gasteiger partial charge in [0.05, 0.1) is 24.9 Å². The predicted octanol–water partition coefficient (Wildman–Crippen LogP) is 3.57. The van der Waals surface area contributed by atoms with Crippen LogP contribution in [0.2, 0.25) is 0 Å². The second kappa shape index (κ2) is 6.47. The molecule has 1 aromatic carbocycles. The van der Waals surface area contributed by atoms with Gasteiger partial charge < -0.3 is 14.2 Å². The molecule has 2 atom stereocenters. The van der Waals surface area contributed by atoms with Crippen LogP contribution in [0.15, 0.2) is 30.3 Å². The quantitative estimate of drug-likeness (QED) is 0.848. The molecule has 2 saturated heterocycles. The average Bonchev–Trinajstić information content (AvgIpc) is 2.99. The molecule has 21 heavy (non-hydrogen) atoms. The van der Waals surface area contributed by atoms with E-state index >= 15 is 0 Å². The maximum atomic E-state index is 6.36. The van der Waals surface area contributed by atoms with E-state index in [9.17, 15) is 0 Å². The number of rotatable bonds is 4. The molecule has 0 radical (unpaired) electrons. The fraction of sp³-hybridized carbons (Fsp3) is 0.667. The van der Waals surface area contributed by atoms with Crippen molar-refractivity contribution in [2.24, 2.45) is 5.92 Å². The molecule has 1 aromatic rings. The lowest BCUT2D eigenvalue weighted by molar-refractivity contribution is -0.209. The highest BCUT2D eigenvalue weighted by Crippen LogP contribution is 2.39. The van der Waals surface area contributed by atoms with Gasteiger partial charge in [-0.25, -0.2) is 0 Å². The monoisotopic (exact) mass is 290 g/mol. The summed E-state index contributed by atoms with van der Waals surface area (Å²) < 4.78 is 17.7. The van der Waals surface area contributed by atoms with Gasteiger partial charge in [-0.1, -0.05) is 30.3 Å². The number of ether oxygens (including phenoxy) is 3. The van der Waals surface area contributed by atoms with Crippen LogP contribution in [0.5, 0.6) is 0 Å². The maximum Gasteiger partial charge on any atom is 0.163 e. The first kappa shape index (κ1) is 15.0. The zero-order valence-corrected chi connectivity index (χ0v) is 13.1. The minimum atomic E-state index is -0.172. The van der Waals surface area contributed by atoms with Crippen molar-refractivity contribution < 1.29 is 14.2 Å². The minimum Gasteiger partial charge on any atom is -0.372 e. The number of benzene rings is 1. The zero-order valence-electron chi connectivity index (χ0n) is 13.1.